The summed E-state index contributed by atoms with van der Waals surface area (Å²) in [5, 5.41) is 2.71. The Morgan fingerprint density at radius 3 is 2.29 bits per heavy atom. The largest absolute Gasteiger partial charge is 0.494 e. The number of esters is 1. The van der Waals surface area contributed by atoms with E-state index >= 15 is 0 Å². The average molecular weight is 421 g/mol. The Morgan fingerprint density at radius 1 is 0.935 bits per heavy atom. The van der Waals surface area contributed by atoms with Crippen LogP contribution in [0.2, 0.25) is 0 Å². The summed E-state index contributed by atoms with van der Waals surface area (Å²) in [4.78, 5) is 38.2. The van der Waals surface area contributed by atoms with Crippen molar-refractivity contribution in [3.8, 4) is 5.75 Å². The van der Waals surface area contributed by atoms with Crippen LogP contribution >= 0.6 is 0 Å². The number of anilines is 1. The number of fused-ring (bicyclic) bond motifs is 2. The molecule has 2 aliphatic carbocycles. The van der Waals surface area contributed by atoms with Crippen LogP contribution in [0.3, 0.4) is 0 Å². The van der Waals surface area contributed by atoms with Gasteiger partial charge in [-0.2, -0.15) is 0 Å². The topological polar surface area (TPSA) is 81.7 Å². The van der Waals surface area contributed by atoms with Gasteiger partial charge in [0.05, 0.1) is 12.5 Å². The molecule has 1 amide bonds. The first-order valence-corrected chi connectivity index (χ1v) is 10.9. The molecule has 162 valence electrons. The van der Waals surface area contributed by atoms with Gasteiger partial charge < -0.3 is 14.8 Å². The number of hydrogen-bond acceptors (Lipinski definition) is 5. The van der Waals surface area contributed by atoms with E-state index < -0.39 is 17.8 Å². The third-order valence-electron chi connectivity index (χ3n) is 6.34. The highest BCUT2D eigenvalue weighted by Gasteiger charge is 2.54. The van der Waals surface area contributed by atoms with Crippen molar-refractivity contribution in [3.63, 3.8) is 0 Å². The average Bonchev–Trinajstić information content (AvgIpc) is 3.41. The summed E-state index contributed by atoms with van der Waals surface area (Å²) in [6.45, 7) is 2.10. The number of Topliss-reactive ketones (excluding diaryl/α,β-unsaturated/α-hetero) is 1. The Labute approximate surface area is 181 Å². The quantitative estimate of drug-likeness (QED) is 0.512. The zero-order chi connectivity index (χ0) is 21.8. The van der Waals surface area contributed by atoms with E-state index in [2.05, 4.69) is 5.32 Å². The predicted molar refractivity (Wildman–Crippen MR) is 116 cm³/mol. The lowest BCUT2D eigenvalue weighted by Crippen LogP contribution is -2.37. The van der Waals surface area contributed by atoms with Gasteiger partial charge in [-0.15, -0.1) is 0 Å². The van der Waals surface area contributed by atoms with Crippen molar-refractivity contribution >= 4 is 23.3 Å². The normalized spacial score (nSPS) is 23.9. The van der Waals surface area contributed by atoms with Crippen LogP contribution in [0.25, 0.3) is 0 Å². The van der Waals surface area contributed by atoms with Gasteiger partial charge in [0.2, 0.25) is 0 Å². The molecule has 0 spiro atoms. The van der Waals surface area contributed by atoms with Gasteiger partial charge in [0.15, 0.2) is 12.4 Å². The van der Waals surface area contributed by atoms with Gasteiger partial charge in [0.25, 0.3) is 5.91 Å². The molecule has 2 bridgehead atoms. The molecule has 31 heavy (non-hydrogen) atoms. The van der Waals surface area contributed by atoms with Crippen molar-refractivity contribution in [2.24, 2.45) is 23.7 Å². The molecule has 0 radical (unpaired) electrons. The monoisotopic (exact) mass is 421 g/mol. The fourth-order valence-electron chi connectivity index (χ4n) is 5.03. The Morgan fingerprint density at radius 2 is 1.61 bits per heavy atom. The van der Waals surface area contributed by atoms with Gasteiger partial charge in [0.1, 0.15) is 5.75 Å². The van der Waals surface area contributed by atoms with Crippen LogP contribution in [0.5, 0.6) is 5.75 Å². The lowest BCUT2D eigenvalue weighted by molar-refractivity contribution is -0.154. The van der Waals surface area contributed by atoms with Gasteiger partial charge in [-0.25, -0.2) is 0 Å². The summed E-state index contributed by atoms with van der Waals surface area (Å²) in [6, 6.07) is 16.1. The molecule has 0 heterocycles. The van der Waals surface area contributed by atoms with Gasteiger partial charge in [0, 0.05) is 17.2 Å². The Bertz CT molecular complexity index is 940. The number of nitrogens with one attached hydrogen (secondary N) is 1. The number of carbonyl (C=O) groups is 3. The maximum Gasteiger partial charge on any atom is 0.310 e. The van der Waals surface area contributed by atoms with Crippen LogP contribution in [-0.2, 0) is 14.3 Å². The fraction of sp³-hybridized carbons (Fsp3) is 0.400. The van der Waals surface area contributed by atoms with Gasteiger partial charge in [-0.05, 0) is 62.3 Å². The molecule has 0 aromatic heterocycles. The summed E-state index contributed by atoms with van der Waals surface area (Å²) in [5.41, 5.74) is 1.23. The van der Waals surface area contributed by atoms with Crippen LogP contribution in [0, 0.1) is 23.7 Å². The molecular formula is C25H27NO5. The van der Waals surface area contributed by atoms with E-state index in [1.807, 2.05) is 25.1 Å². The highest BCUT2D eigenvalue weighted by Crippen LogP contribution is 2.53. The Kier molecular flexibility index (Phi) is 6.35. The summed E-state index contributed by atoms with van der Waals surface area (Å²) < 4.78 is 10.7. The molecular weight excluding hydrogens is 394 g/mol. The smallest absolute Gasteiger partial charge is 0.310 e. The predicted octanol–water partition coefficient (Wildman–Crippen LogP) is 4.11. The van der Waals surface area contributed by atoms with E-state index in [-0.39, 0.29) is 30.1 Å². The molecule has 4 rings (SSSR count). The SMILES string of the molecule is CCOc1ccc(NC(=O)COC(=O)[C@H]2[C@@H]3CC[C@@H](C3)[C@@H]2C(=O)c2ccccc2)cc1. The molecule has 2 aliphatic rings. The molecule has 2 saturated carbocycles. The van der Waals surface area contributed by atoms with E-state index in [1.54, 1.807) is 36.4 Å². The second-order valence-corrected chi connectivity index (χ2v) is 8.23. The molecule has 0 saturated heterocycles. The van der Waals surface area contributed by atoms with Crippen molar-refractivity contribution in [2.75, 3.05) is 18.5 Å². The molecule has 2 aromatic rings. The second-order valence-electron chi connectivity index (χ2n) is 8.23. The summed E-state index contributed by atoms with van der Waals surface area (Å²) in [7, 11) is 0. The maximum absolute atomic E-state index is 13.1. The molecule has 1 N–H and O–H groups in total. The minimum Gasteiger partial charge on any atom is -0.494 e. The number of amides is 1. The van der Waals surface area contributed by atoms with E-state index in [0.717, 1.165) is 25.0 Å². The van der Waals surface area contributed by atoms with Gasteiger partial charge >= 0.3 is 5.97 Å². The number of benzene rings is 2. The molecule has 6 nitrogen and oxygen atoms in total. The Hall–Kier alpha value is -3.15. The van der Waals surface area contributed by atoms with Crippen LogP contribution in [0.15, 0.2) is 54.6 Å². The van der Waals surface area contributed by atoms with Crippen molar-refractivity contribution in [3.05, 3.63) is 60.2 Å². The molecule has 0 aliphatic heterocycles. The number of hydrogen-bond donors (Lipinski definition) is 1. The van der Waals surface area contributed by atoms with Crippen LogP contribution in [0.1, 0.15) is 36.5 Å². The van der Waals surface area contributed by atoms with Crippen LogP contribution < -0.4 is 10.1 Å². The minimum atomic E-state index is -0.468. The first kappa shape index (κ1) is 21.1. The lowest BCUT2D eigenvalue weighted by atomic mass is 9.75. The van der Waals surface area contributed by atoms with Crippen LogP contribution in [-0.4, -0.2) is 30.9 Å². The molecule has 6 heteroatoms. The third-order valence-corrected chi connectivity index (χ3v) is 6.34. The fourth-order valence-corrected chi connectivity index (χ4v) is 5.03. The van der Waals surface area contributed by atoms with E-state index in [9.17, 15) is 14.4 Å². The second kappa shape index (κ2) is 9.33. The highest BCUT2D eigenvalue weighted by atomic mass is 16.5. The first-order valence-electron chi connectivity index (χ1n) is 10.9. The zero-order valence-corrected chi connectivity index (χ0v) is 17.6. The van der Waals surface area contributed by atoms with Gasteiger partial charge in [-0.1, -0.05) is 30.3 Å². The highest BCUT2D eigenvalue weighted by molar-refractivity contribution is 6.01. The standard InChI is InChI=1S/C25H27NO5/c1-2-30-20-12-10-19(11-13-20)26-21(27)15-31-25(29)23-18-9-8-17(14-18)22(23)24(28)16-6-4-3-5-7-16/h3-7,10-13,17-18,22-23H,2,8-9,14-15H2,1H3,(H,26,27)/t17-,18+,22-,23-/m0/s1. The van der Waals surface area contributed by atoms with E-state index in [1.165, 1.54) is 0 Å². The van der Waals surface area contributed by atoms with Gasteiger partial charge in [-0.3, -0.25) is 14.4 Å². The molecule has 2 fully saturated rings. The summed E-state index contributed by atoms with van der Waals surface area (Å²) in [6.07, 6.45) is 2.78. The third kappa shape index (κ3) is 4.63. The number of ketones is 1. The van der Waals surface area contributed by atoms with E-state index in [4.69, 9.17) is 9.47 Å². The Balaban J connectivity index is 1.35. The zero-order valence-electron chi connectivity index (χ0n) is 17.6. The van der Waals surface area contributed by atoms with Crippen LogP contribution in [0.4, 0.5) is 5.69 Å². The van der Waals surface area contributed by atoms with Crippen molar-refractivity contribution in [1.29, 1.82) is 0 Å². The van der Waals surface area contributed by atoms with E-state index in [0.29, 0.717) is 17.9 Å². The minimum absolute atomic E-state index is 0.00795. The van der Waals surface area contributed by atoms with Crippen molar-refractivity contribution < 1.29 is 23.9 Å². The maximum atomic E-state index is 13.1. The summed E-state index contributed by atoms with van der Waals surface area (Å²) >= 11 is 0. The van der Waals surface area contributed by atoms with Crippen molar-refractivity contribution in [2.45, 2.75) is 26.2 Å². The van der Waals surface area contributed by atoms with Crippen molar-refractivity contribution in [1.82, 2.24) is 0 Å². The summed E-state index contributed by atoms with van der Waals surface area (Å²) in [5.74, 6) is -0.578. The molecule has 4 atom stereocenters. The number of carbonyl (C=O) groups excluding carboxylic acids is 3. The first-order chi connectivity index (χ1) is 15.1. The molecule has 0 unspecified atom stereocenters. The number of ether oxygens (including phenoxy) is 2. The number of rotatable bonds is 8. The lowest BCUT2D eigenvalue weighted by Gasteiger charge is -2.28. The molecule has 2 aromatic carbocycles.